The van der Waals surface area contributed by atoms with Gasteiger partial charge in [-0.05, 0) is 6.07 Å². The average Bonchev–Trinajstić information content (AvgIpc) is 2.46. The molecule has 0 aliphatic carbocycles. The van der Waals surface area contributed by atoms with E-state index >= 15 is 0 Å². The zero-order valence-corrected chi connectivity index (χ0v) is 10.0. The Bertz CT molecular complexity index is 434. The molecule has 0 spiro atoms. The summed E-state index contributed by atoms with van der Waals surface area (Å²) in [4.78, 5) is 23.9. The van der Waals surface area contributed by atoms with Crippen LogP contribution in [0.1, 0.15) is 0 Å². The number of nitrogens with zero attached hydrogens (tertiary/aromatic N) is 4. The standard InChI is InChI=1S/C12H15N5O/c1-2-4-15-12(18)17-9-7-16(8-10-17)11-13-5-3-6-14-11/h1,3,5-6H,4,7-10H2,(H,15,18). The number of amides is 2. The minimum absolute atomic E-state index is 0.110. The molecule has 1 aromatic rings. The van der Waals surface area contributed by atoms with Crippen molar-refractivity contribution in [3.05, 3.63) is 18.5 Å². The number of anilines is 1. The Kier molecular flexibility index (Phi) is 3.97. The van der Waals surface area contributed by atoms with Crippen molar-refractivity contribution in [3.63, 3.8) is 0 Å². The summed E-state index contributed by atoms with van der Waals surface area (Å²) in [5.74, 6) is 3.09. The SMILES string of the molecule is C#CCNC(=O)N1CCN(c2ncccn2)CC1. The van der Waals surface area contributed by atoms with E-state index in [0.29, 0.717) is 19.0 Å². The number of carbonyl (C=O) groups excluding carboxylic acids is 1. The van der Waals surface area contributed by atoms with Gasteiger partial charge in [-0.1, -0.05) is 5.92 Å². The average molecular weight is 245 g/mol. The number of carbonyl (C=O) groups is 1. The zero-order chi connectivity index (χ0) is 12.8. The van der Waals surface area contributed by atoms with Gasteiger partial charge < -0.3 is 15.1 Å². The van der Waals surface area contributed by atoms with E-state index in [1.807, 2.05) is 0 Å². The topological polar surface area (TPSA) is 61.4 Å². The third-order valence-electron chi connectivity index (χ3n) is 2.74. The Balaban J connectivity index is 1.85. The molecule has 2 heterocycles. The lowest BCUT2D eigenvalue weighted by molar-refractivity contribution is 0.195. The highest BCUT2D eigenvalue weighted by Crippen LogP contribution is 2.09. The van der Waals surface area contributed by atoms with E-state index in [1.165, 1.54) is 0 Å². The Morgan fingerprint density at radius 1 is 1.33 bits per heavy atom. The normalized spacial score (nSPS) is 15.1. The van der Waals surface area contributed by atoms with E-state index in [0.717, 1.165) is 13.1 Å². The number of hydrogen-bond acceptors (Lipinski definition) is 4. The minimum atomic E-state index is -0.110. The van der Waals surface area contributed by atoms with Gasteiger partial charge in [0.05, 0.1) is 6.54 Å². The van der Waals surface area contributed by atoms with E-state index in [2.05, 4.69) is 26.1 Å². The monoisotopic (exact) mass is 245 g/mol. The second-order valence-electron chi connectivity index (χ2n) is 3.89. The number of aromatic nitrogens is 2. The predicted molar refractivity (Wildman–Crippen MR) is 68.0 cm³/mol. The fourth-order valence-corrected chi connectivity index (χ4v) is 1.80. The second kappa shape index (κ2) is 5.87. The maximum absolute atomic E-state index is 11.7. The first kappa shape index (κ1) is 12.2. The van der Waals surface area contributed by atoms with E-state index < -0.39 is 0 Å². The maximum atomic E-state index is 11.7. The molecule has 1 fully saturated rings. The fraction of sp³-hybridized carbons (Fsp3) is 0.417. The molecule has 0 bridgehead atoms. The molecule has 0 aromatic carbocycles. The summed E-state index contributed by atoms with van der Waals surface area (Å²) in [6.07, 6.45) is 8.53. The van der Waals surface area contributed by atoms with Crippen LogP contribution in [-0.2, 0) is 0 Å². The lowest BCUT2D eigenvalue weighted by atomic mass is 10.3. The molecule has 6 nitrogen and oxygen atoms in total. The van der Waals surface area contributed by atoms with Gasteiger partial charge >= 0.3 is 6.03 Å². The number of hydrogen-bond donors (Lipinski definition) is 1. The molecular weight excluding hydrogens is 230 g/mol. The van der Waals surface area contributed by atoms with Crippen molar-refractivity contribution in [1.82, 2.24) is 20.2 Å². The summed E-state index contributed by atoms with van der Waals surface area (Å²) in [7, 11) is 0. The van der Waals surface area contributed by atoms with E-state index in [9.17, 15) is 4.79 Å². The van der Waals surface area contributed by atoms with Crippen molar-refractivity contribution in [2.75, 3.05) is 37.6 Å². The van der Waals surface area contributed by atoms with Gasteiger partial charge in [0.25, 0.3) is 0 Å². The molecular formula is C12H15N5O. The van der Waals surface area contributed by atoms with Crippen LogP contribution in [0.3, 0.4) is 0 Å². The number of urea groups is 1. The van der Waals surface area contributed by atoms with E-state index in [-0.39, 0.29) is 12.6 Å². The number of nitrogens with one attached hydrogen (secondary N) is 1. The van der Waals surface area contributed by atoms with Crippen molar-refractivity contribution in [2.24, 2.45) is 0 Å². The van der Waals surface area contributed by atoms with Gasteiger partial charge in [0.1, 0.15) is 0 Å². The summed E-state index contributed by atoms with van der Waals surface area (Å²) in [5, 5.41) is 2.66. The van der Waals surface area contributed by atoms with Crippen LogP contribution < -0.4 is 10.2 Å². The summed E-state index contributed by atoms with van der Waals surface area (Å²) < 4.78 is 0. The molecule has 0 unspecified atom stereocenters. The molecule has 18 heavy (non-hydrogen) atoms. The highest BCUT2D eigenvalue weighted by Gasteiger charge is 2.21. The first-order valence-electron chi connectivity index (χ1n) is 5.79. The summed E-state index contributed by atoms with van der Waals surface area (Å²) >= 11 is 0. The van der Waals surface area contributed by atoms with Crippen molar-refractivity contribution < 1.29 is 4.79 Å². The molecule has 1 saturated heterocycles. The van der Waals surface area contributed by atoms with Gasteiger partial charge in [-0.2, -0.15) is 0 Å². The quantitative estimate of drug-likeness (QED) is 0.742. The number of rotatable bonds is 2. The molecule has 1 aliphatic rings. The predicted octanol–water partition coefficient (Wildman–Crippen LogP) is -0.0586. The maximum Gasteiger partial charge on any atom is 0.318 e. The van der Waals surface area contributed by atoms with Gasteiger partial charge in [-0.25, -0.2) is 14.8 Å². The van der Waals surface area contributed by atoms with E-state index in [4.69, 9.17) is 6.42 Å². The smallest absolute Gasteiger partial charge is 0.318 e. The largest absolute Gasteiger partial charge is 0.337 e. The van der Waals surface area contributed by atoms with Crippen molar-refractivity contribution in [3.8, 4) is 12.3 Å². The van der Waals surface area contributed by atoms with Crippen LogP contribution in [-0.4, -0.2) is 53.6 Å². The van der Waals surface area contributed by atoms with Crippen LogP contribution in [0.15, 0.2) is 18.5 Å². The highest BCUT2D eigenvalue weighted by molar-refractivity contribution is 5.74. The van der Waals surface area contributed by atoms with Crippen LogP contribution in [0.5, 0.6) is 0 Å². The van der Waals surface area contributed by atoms with Crippen LogP contribution in [0, 0.1) is 12.3 Å². The van der Waals surface area contributed by atoms with Crippen LogP contribution in [0.2, 0.25) is 0 Å². The Morgan fingerprint density at radius 3 is 2.61 bits per heavy atom. The first-order valence-corrected chi connectivity index (χ1v) is 5.79. The molecule has 0 radical (unpaired) electrons. The Morgan fingerprint density at radius 2 is 2.00 bits per heavy atom. The van der Waals surface area contributed by atoms with Gasteiger partial charge in [-0.15, -0.1) is 6.42 Å². The zero-order valence-electron chi connectivity index (χ0n) is 10.0. The molecule has 2 rings (SSSR count). The van der Waals surface area contributed by atoms with Gasteiger partial charge in [-0.3, -0.25) is 0 Å². The van der Waals surface area contributed by atoms with Crippen molar-refractivity contribution in [1.29, 1.82) is 0 Å². The molecule has 6 heteroatoms. The lowest BCUT2D eigenvalue weighted by Gasteiger charge is -2.34. The Hall–Kier alpha value is -2.29. The van der Waals surface area contributed by atoms with Gasteiger partial charge in [0, 0.05) is 38.6 Å². The molecule has 2 amide bonds. The third kappa shape index (κ3) is 2.88. The molecule has 94 valence electrons. The van der Waals surface area contributed by atoms with Crippen molar-refractivity contribution in [2.45, 2.75) is 0 Å². The fourth-order valence-electron chi connectivity index (χ4n) is 1.80. The van der Waals surface area contributed by atoms with Crippen molar-refractivity contribution >= 4 is 12.0 Å². The minimum Gasteiger partial charge on any atom is -0.337 e. The molecule has 0 atom stereocenters. The molecule has 0 saturated carbocycles. The van der Waals surface area contributed by atoms with Crippen LogP contribution >= 0.6 is 0 Å². The summed E-state index contributed by atoms with van der Waals surface area (Å²) in [5.41, 5.74) is 0. The van der Waals surface area contributed by atoms with Gasteiger partial charge in [0.15, 0.2) is 0 Å². The van der Waals surface area contributed by atoms with Crippen LogP contribution in [0.25, 0.3) is 0 Å². The Labute approximate surface area is 106 Å². The third-order valence-corrected chi connectivity index (χ3v) is 2.74. The van der Waals surface area contributed by atoms with Crippen LogP contribution in [0.4, 0.5) is 10.7 Å². The number of terminal acetylenes is 1. The highest BCUT2D eigenvalue weighted by atomic mass is 16.2. The number of piperazine rings is 1. The lowest BCUT2D eigenvalue weighted by Crippen LogP contribution is -2.52. The first-order chi connectivity index (χ1) is 8.81. The molecule has 1 N–H and O–H groups in total. The van der Waals surface area contributed by atoms with Gasteiger partial charge in [0.2, 0.25) is 5.95 Å². The second-order valence-corrected chi connectivity index (χ2v) is 3.89. The molecule has 1 aliphatic heterocycles. The summed E-state index contributed by atoms with van der Waals surface area (Å²) in [6, 6.07) is 1.68. The van der Waals surface area contributed by atoms with E-state index in [1.54, 1.807) is 23.4 Å². The summed E-state index contributed by atoms with van der Waals surface area (Å²) in [6.45, 7) is 3.02. The molecule has 1 aromatic heterocycles.